The van der Waals surface area contributed by atoms with Crippen LogP contribution in [0.3, 0.4) is 0 Å². The first-order valence-corrected chi connectivity index (χ1v) is 6.96. The molecule has 0 aliphatic heterocycles. The number of benzene rings is 1. The zero-order valence-electron chi connectivity index (χ0n) is 10.4. The Morgan fingerprint density at radius 2 is 2.05 bits per heavy atom. The summed E-state index contributed by atoms with van der Waals surface area (Å²) in [4.78, 5) is 23.9. The second kappa shape index (κ2) is 5.27. The van der Waals surface area contributed by atoms with E-state index in [9.17, 15) is 9.59 Å². The molecule has 2 heterocycles. The van der Waals surface area contributed by atoms with Crippen molar-refractivity contribution in [3.8, 4) is 0 Å². The van der Waals surface area contributed by atoms with Gasteiger partial charge in [-0.2, -0.15) is 11.3 Å². The van der Waals surface area contributed by atoms with Crippen molar-refractivity contribution in [2.24, 2.45) is 0 Å². The van der Waals surface area contributed by atoms with E-state index in [1.54, 1.807) is 41.7 Å². The third-order valence-electron chi connectivity index (χ3n) is 2.88. The van der Waals surface area contributed by atoms with Gasteiger partial charge in [-0.15, -0.1) is 0 Å². The molecular formula is C16H10O3S. The van der Waals surface area contributed by atoms with E-state index in [1.165, 1.54) is 6.08 Å². The summed E-state index contributed by atoms with van der Waals surface area (Å²) < 4.78 is 5.14. The summed E-state index contributed by atoms with van der Waals surface area (Å²) in [7, 11) is 0. The molecule has 3 aromatic rings. The van der Waals surface area contributed by atoms with E-state index in [0.717, 1.165) is 10.9 Å². The topological polar surface area (TPSA) is 47.3 Å². The van der Waals surface area contributed by atoms with Gasteiger partial charge in [-0.05, 0) is 40.6 Å². The first-order valence-electron chi connectivity index (χ1n) is 6.01. The Hall–Kier alpha value is -2.46. The van der Waals surface area contributed by atoms with E-state index in [-0.39, 0.29) is 11.3 Å². The molecule has 0 aliphatic rings. The zero-order valence-corrected chi connectivity index (χ0v) is 11.2. The van der Waals surface area contributed by atoms with Crippen LogP contribution in [0.5, 0.6) is 0 Å². The number of carbonyl (C=O) groups excluding carboxylic acids is 1. The predicted molar refractivity (Wildman–Crippen MR) is 80.2 cm³/mol. The van der Waals surface area contributed by atoms with Crippen molar-refractivity contribution in [2.45, 2.75) is 0 Å². The fourth-order valence-corrected chi connectivity index (χ4v) is 2.49. The second-order valence-electron chi connectivity index (χ2n) is 4.24. The molecule has 3 nitrogen and oxygen atoms in total. The number of allylic oxidation sites excluding steroid dienone is 1. The minimum absolute atomic E-state index is 0.0511. The number of rotatable bonds is 3. The number of para-hydroxylation sites is 1. The summed E-state index contributed by atoms with van der Waals surface area (Å²) in [6, 6.07) is 10.6. The average molecular weight is 282 g/mol. The van der Waals surface area contributed by atoms with Gasteiger partial charge in [-0.3, -0.25) is 4.79 Å². The maximum atomic E-state index is 12.1. The number of carbonyl (C=O) groups is 1. The molecule has 3 rings (SSSR count). The van der Waals surface area contributed by atoms with Crippen LogP contribution in [0.2, 0.25) is 0 Å². The van der Waals surface area contributed by atoms with Gasteiger partial charge in [0.05, 0.1) is 0 Å². The molecule has 98 valence electrons. The monoisotopic (exact) mass is 282 g/mol. The predicted octanol–water partition coefficient (Wildman–Crippen LogP) is 3.75. The molecular weight excluding hydrogens is 272 g/mol. The van der Waals surface area contributed by atoms with Gasteiger partial charge in [0.1, 0.15) is 11.1 Å². The van der Waals surface area contributed by atoms with E-state index in [4.69, 9.17) is 4.42 Å². The highest BCUT2D eigenvalue weighted by Gasteiger charge is 2.10. The SMILES string of the molecule is O=C(/C=C/c1ccsc1)c1cc2ccccc2oc1=O. The second-order valence-corrected chi connectivity index (χ2v) is 5.02. The van der Waals surface area contributed by atoms with Crippen LogP contribution in [0.15, 0.2) is 62.4 Å². The number of fused-ring (bicyclic) bond motifs is 1. The Kier molecular flexibility index (Phi) is 3.31. The summed E-state index contributed by atoms with van der Waals surface area (Å²) in [5, 5.41) is 4.58. The smallest absolute Gasteiger partial charge is 0.347 e. The molecule has 0 spiro atoms. The van der Waals surface area contributed by atoms with Gasteiger partial charge in [-0.25, -0.2) is 4.79 Å². The number of hydrogen-bond donors (Lipinski definition) is 0. The van der Waals surface area contributed by atoms with Crippen molar-refractivity contribution >= 4 is 34.2 Å². The Morgan fingerprint density at radius 1 is 1.20 bits per heavy atom. The Bertz CT molecular complexity index is 842. The molecule has 0 saturated carbocycles. The molecule has 0 unspecified atom stereocenters. The maximum absolute atomic E-state index is 12.1. The van der Waals surface area contributed by atoms with Gasteiger partial charge < -0.3 is 4.42 Å². The number of thiophene rings is 1. The van der Waals surface area contributed by atoms with Crippen molar-refractivity contribution in [1.82, 2.24) is 0 Å². The quantitative estimate of drug-likeness (QED) is 0.417. The summed E-state index contributed by atoms with van der Waals surface area (Å²) >= 11 is 1.55. The maximum Gasteiger partial charge on any atom is 0.347 e. The highest BCUT2D eigenvalue weighted by molar-refractivity contribution is 7.08. The van der Waals surface area contributed by atoms with Crippen LogP contribution >= 0.6 is 11.3 Å². The zero-order chi connectivity index (χ0) is 13.9. The van der Waals surface area contributed by atoms with Gasteiger partial charge in [-0.1, -0.05) is 24.3 Å². The first-order chi connectivity index (χ1) is 9.74. The molecule has 0 radical (unpaired) electrons. The van der Waals surface area contributed by atoms with Crippen LogP contribution in [0.1, 0.15) is 15.9 Å². The van der Waals surface area contributed by atoms with Crippen molar-refractivity contribution in [2.75, 3.05) is 0 Å². The van der Waals surface area contributed by atoms with Gasteiger partial charge in [0.25, 0.3) is 0 Å². The van der Waals surface area contributed by atoms with E-state index < -0.39 is 5.63 Å². The highest BCUT2D eigenvalue weighted by atomic mass is 32.1. The molecule has 2 aromatic heterocycles. The largest absolute Gasteiger partial charge is 0.422 e. The molecule has 0 N–H and O–H groups in total. The van der Waals surface area contributed by atoms with Crippen LogP contribution in [-0.2, 0) is 0 Å². The minimum atomic E-state index is -0.608. The summed E-state index contributed by atoms with van der Waals surface area (Å²) in [6.07, 6.45) is 3.08. The fourth-order valence-electron chi connectivity index (χ4n) is 1.87. The van der Waals surface area contributed by atoms with E-state index in [1.807, 2.05) is 22.9 Å². The van der Waals surface area contributed by atoms with Crippen molar-refractivity contribution in [3.63, 3.8) is 0 Å². The third kappa shape index (κ3) is 2.46. The molecule has 1 aromatic carbocycles. The van der Waals surface area contributed by atoms with Gasteiger partial charge in [0.2, 0.25) is 0 Å². The van der Waals surface area contributed by atoms with Gasteiger partial charge in [0.15, 0.2) is 5.78 Å². The van der Waals surface area contributed by atoms with E-state index in [2.05, 4.69) is 0 Å². The van der Waals surface area contributed by atoms with Crippen LogP contribution in [0.25, 0.3) is 17.0 Å². The Morgan fingerprint density at radius 3 is 2.85 bits per heavy atom. The fraction of sp³-hybridized carbons (Fsp3) is 0. The van der Waals surface area contributed by atoms with Crippen molar-refractivity contribution in [1.29, 1.82) is 0 Å². The summed E-state index contributed by atoms with van der Waals surface area (Å²) in [5.74, 6) is -0.351. The molecule has 0 aliphatic carbocycles. The standard InChI is InChI=1S/C16H10O3S/c17-14(6-5-11-7-8-20-10-11)13-9-12-3-1-2-4-15(12)19-16(13)18/h1-10H/b6-5+. The van der Waals surface area contributed by atoms with Crippen LogP contribution < -0.4 is 5.63 Å². The highest BCUT2D eigenvalue weighted by Crippen LogP contribution is 2.14. The Labute approximate surface area is 118 Å². The van der Waals surface area contributed by atoms with Crippen molar-refractivity contribution in [3.05, 3.63) is 74.8 Å². The van der Waals surface area contributed by atoms with Gasteiger partial charge >= 0.3 is 5.63 Å². The van der Waals surface area contributed by atoms with Crippen LogP contribution in [-0.4, -0.2) is 5.78 Å². The molecule has 0 atom stereocenters. The molecule has 0 amide bonds. The normalized spacial score (nSPS) is 11.2. The van der Waals surface area contributed by atoms with Crippen LogP contribution in [0, 0.1) is 0 Å². The lowest BCUT2D eigenvalue weighted by molar-refractivity contribution is 0.104. The van der Waals surface area contributed by atoms with Crippen LogP contribution in [0.4, 0.5) is 0 Å². The minimum Gasteiger partial charge on any atom is -0.422 e. The molecule has 0 fully saturated rings. The first kappa shape index (κ1) is 12.6. The lowest BCUT2D eigenvalue weighted by Crippen LogP contribution is -2.11. The third-order valence-corrected chi connectivity index (χ3v) is 3.58. The summed E-state index contributed by atoms with van der Waals surface area (Å²) in [6.45, 7) is 0. The van der Waals surface area contributed by atoms with E-state index >= 15 is 0 Å². The molecule has 4 heteroatoms. The molecule has 0 bridgehead atoms. The lowest BCUT2D eigenvalue weighted by Gasteiger charge is -1.98. The van der Waals surface area contributed by atoms with E-state index in [0.29, 0.717) is 5.58 Å². The Balaban J connectivity index is 1.99. The van der Waals surface area contributed by atoms with Gasteiger partial charge in [0, 0.05) is 5.39 Å². The molecule has 20 heavy (non-hydrogen) atoms. The molecule has 0 saturated heterocycles. The average Bonchev–Trinajstić information content (AvgIpc) is 2.97. The summed E-state index contributed by atoms with van der Waals surface area (Å²) in [5.41, 5.74) is 0.864. The van der Waals surface area contributed by atoms with Crippen molar-refractivity contribution < 1.29 is 9.21 Å². The number of hydrogen-bond acceptors (Lipinski definition) is 4. The lowest BCUT2D eigenvalue weighted by atomic mass is 10.1. The number of ketones is 1.